The first-order valence-corrected chi connectivity index (χ1v) is 9.23. The van der Waals surface area contributed by atoms with E-state index in [-0.39, 0.29) is 24.4 Å². The van der Waals surface area contributed by atoms with Gasteiger partial charge in [0, 0.05) is 12.6 Å². The minimum Gasteiger partial charge on any atom is -0.343 e. The Labute approximate surface area is 156 Å². The first-order chi connectivity index (χ1) is 12.5. The lowest BCUT2D eigenvalue weighted by atomic mass is 10.1. The lowest BCUT2D eigenvalue weighted by Crippen LogP contribution is -2.39. The minimum absolute atomic E-state index is 0.0432. The second kappa shape index (κ2) is 7.66. The summed E-state index contributed by atoms with van der Waals surface area (Å²) in [6.45, 7) is 3.86. The number of likely N-dealkylation sites (N-methyl/N-ethyl adjacent to an activating group) is 1. The Morgan fingerprint density at radius 3 is 2.54 bits per heavy atom. The maximum absolute atomic E-state index is 12.5. The fraction of sp³-hybridized carbons (Fsp3) is 0.250. The Bertz CT molecular complexity index is 901. The number of rotatable bonds is 5. The van der Waals surface area contributed by atoms with Crippen molar-refractivity contribution in [2.45, 2.75) is 19.9 Å². The first kappa shape index (κ1) is 18.1. The minimum atomic E-state index is -0.251. The Morgan fingerprint density at radius 2 is 1.85 bits per heavy atom. The Balaban J connectivity index is 1.61. The molecule has 2 amide bonds. The number of nitrogens with zero attached hydrogens (tertiary/aromatic N) is 2. The van der Waals surface area contributed by atoms with Crippen LogP contribution in [0.25, 0.3) is 10.2 Å². The van der Waals surface area contributed by atoms with Crippen molar-refractivity contribution in [3.05, 3.63) is 64.7 Å². The van der Waals surface area contributed by atoms with Crippen LogP contribution in [0.2, 0.25) is 0 Å². The molecule has 1 heterocycles. The molecule has 0 aliphatic carbocycles. The number of benzene rings is 2. The van der Waals surface area contributed by atoms with Gasteiger partial charge in [-0.1, -0.05) is 29.8 Å². The SMILES string of the molecule is Cc1ccc(C(=O)NCC(=O)N(C)C(C)c2nc3ccccc3s2)cc1. The number of amides is 2. The molecule has 2 aromatic carbocycles. The van der Waals surface area contributed by atoms with Crippen molar-refractivity contribution in [3.63, 3.8) is 0 Å². The van der Waals surface area contributed by atoms with Gasteiger partial charge in [-0.15, -0.1) is 11.3 Å². The quantitative estimate of drug-likeness (QED) is 0.750. The zero-order chi connectivity index (χ0) is 18.7. The highest BCUT2D eigenvalue weighted by atomic mass is 32.1. The summed E-state index contributed by atoms with van der Waals surface area (Å²) in [5, 5.41) is 3.57. The van der Waals surface area contributed by atoms with E-state index in [9.17, 15) is 9.59 Å². The summed E-state index contributed by atoms with van der Waals surface area (Å²) in [5.41, 5.74) is 2.57. The molecule has 0 aliphatic rings. The average molecular weight is 367 g/mol. The van der Waals surface area contributed by atoms with Crippen LogP contribution in [0.15, 0.2) is 48.5 Å². The van der Waals surface area contributed by atoms with Crippen LogP contribution in [-0.2, 0) is 4.79 Å². The van der Waals surface area contributed by atoms with Gasteiger partial charge in [0.2, 0.25) is 5.91 Å². The molecule has 6 heteroatoms. The van der Waals surface area contributed by atoms with Crippen molar-refractivity contribution in [1.29, 1.82) is 0 Å². The molecule has 0 aliphatic heterocycles. The number of hydrogen-bond donors (Lipinski definition) is 1. The summed E-state index contributed by atoms with van der Waals surface area (Å²) in [6.07, 6.45) is 0. The standard InChI is InChI=1S/C20H21N3O2S/c1-13-8-10-15(11-9-13)19(25)21-12-18(24)23(3)14(2)20-22-16-6-4-5-7-17(16)26-20/h4-11,14H,12H2,1-3H3,(H,21,25). The molecule has 26 heavy (non-hydrogen) atoms. The van der Waals surface area contributed by atoms with Crippen molar-refractivity contribution in [1.82, 2.24) is 15.2 Å². The number of carbonyl (C=O) groups is 2. The Morgan fingerprint density at radius 1 is 1.15 bits per heavy atom. The fourth-order valence-corrected chi connectivity index (χ4v) is 3.60. The normalized spacial score (nSPS) is 12.0. The number of nitrogens with one attached hydrogen (secondary N) is 1. The summed E-state index contributed by atoms with van der Waals surface area (Å²) in [5.74, 6) is -0.406. The molecule has 1 unspecified atom stereocenters. The van der Waals surface area contributed by atoms with Crippen molar-refractivity contribution >= 4 is 33.4 Å². The van der Waals surface area contributed by atoms with Crippen LogP contribution < -0.4 is 5.32 Å². The zero-order valence-corrected chi connectivity index (χ0v) is 15.8. The molecular weight excluding hydrogens is 346 g/mol. The second-order valence-corrected chi connectivity index (χ2v) is 7.31. The summed E-state index contributed by atoms with van der Waals surface area (Å²) in [6, 6.07) is 15.0. The predicted octanol–water partition coefficient (Wildman–Crippen LogP) is 3.55. The van der Waals surface area contributed by atoms with Gasteiger partial charge in [0.05, 0.1) is 22.8 Å². The molecule has 5 nitrogen and oxygen atoms in total. The molecule has 1 aromatic heterocycles. The van der Waals surface area contributed by atoms with Crippen LogP contribution in [0.1, 0.15) is 33.9 Å². The van der Waals surface area contributed by atoms with Crippen LogP contribution >= 0.6 is 11.3 Å². The third kappa shape index (κ3) is 3.91. The van der Waals surface area contributed by atoms with Crippen LogP contribution in [0.4, 0.5) is 0 Å². The van der Waals surface area contributed by atoms with Gasteiger partial charge >= 0.3 is 0 Å². The summed E-state index contributed by atoms with van der Waals surface area (Å²) < 4.78 is 1.10. The maximum atomic E-state index is 12.5. The molecule has 0 saturated heterocycles. The molecule has 1 atom stereocenters. The second-order valence-electron chi connectivity index (χ2n) is 6.25. The van der Waals surface area contributed by atoms with Gasteiger partial charge in [0.15, 0.2) is 0 Å². The van der Waals surface area contributed by atoms with E-state index >= 15 is 0 Å². The lowest BCUT2D eigenvalue weighted by molar-refractivity contribution is -0.130. The molecule has 0 saturated carbocycles. The number of para-hydroxylation sites is 1. The number of aryl methyl sites for hydroxylation is 1. The van der Waals surface area contributed by atoms with Gasteiger partial charge in [-0.3, -0.25) is 9.59 Å². The third-order valence-electron chi connectivity index (χ3n) is 4.36. The van der Waals surface area contributed by atoms with Crippen molar-refractivity contribution < 1.29 is 9.59 Å². The number of thiazole rings is 1. The van der Waals surface area contributed by atoms with E-state index in [0.29, 0.717) is 5.56 Å². The molecule has 3 aromatic rings. The Hall–Kier alpha value is -2.73. The Kier molecular flexibility index (Phi) is 5.32. The molecule has 0 bridgehead atoms. The van der Waals surface area contributed by atoms with E-state index in [1.807, 2.05) is 50.2 Å². The summed E-state index contributed by atoms with van der Waals surface area (Å²) in [4.78, 5) is 30.8. The highest BCUT2D eigenvalue weighted by Gasteiger charge is 2.21. The topological polar surface area (TPSA) is 62.3 Å². The molecule has 1 N–H and O–H groups in total. The van der Waals surface area contributed by atoms with E-state index in [2.05, 4.69) is 10.3 Å². The number of carbonyl (C=O) groups excluding carboxylic acids is 2. The number of fused-ring (bicyclic) bond motifs is 1. The molecule has 0 fully saturated rings. The van der Waals surface area contributed by atoms with Gasteiger partial charge in [-0.2, -0.15) is 0 Å². The zero-order valence-electron chi connectivity index (χ0n) is 15.0. The fourth-order valence-electron chi connectivity index (χ4n) is 2.54. The highest BCUT2D eigenvalue weighted by Crippen LogP contribution is 2.28. The van der Waals surface area contributed by atoms with Crippen molar-refractivity contribution in [3.8, 4) is 0 Å². The smallest absolute Gasteiger partial charge is 0.251 e. The molecule has 134 valence electrons. The van der Waals surface area contributed by atoms with E-state index in [4.69, 9.17) is 0 Å². The van der Waals surface area contributed by atoms with E-state index < -0.39 is 0 Å². The number of aromatic nitrogens is 1. The predicted molar refractivity (Wildman–Crippen MR) is 104 cm³/mol. The van der Waals surface area contributed by atoms with Gasteiger partial charge in [0.25, 0.3) is 5.91 Å². The summed E-state index contributed by atoms with van der Waals surface area (Å²) in [7, 11) is 1.73. The van der Waals surface area contributed by atoms with Gasteiger partial charge in [-0.25, -0.2) is 4.98 Å². The van der Waals surface area contributed by atoms with E-state index in [1.165, 1.54) is 0 Å². The van der Waals surface area contributed by atoms with E-state index in [1.54, 1.807) is 35.4 Å². The molecule has 0 radical (unpaired) electrons. The van der Waals surface area contributed by atoms with E-state index in [0.717, 1.165) is 20.8 Å². The molecular formula is C20H21N3O2S. The van der Waals surface area contributed by atoms with Crippen molar-refractivity contribution in [2.75, 3.05) is 13.6 Å². The lowest BCUT2D eigenvalue weighted by Gasteiger charge is -2.23. The largest absolute Gasteiger partial charge is 0.343 e. The molecule has 3 rings (SSSR count). The maximum Gasteiger partial charge on any atom is 0.251 e. The van der Waals surface area contributed by atoms with Gasteiger partial charge in [0.1, 0.15) is 5.01 Å². The molecule has 0 spiro atoms. The van der Waals surface area contributed by atoms with Crippen LogP contribution in [0, 0.1) is 6.92 Å². The highest BCUT2D eigenvalue weighted by molar-refractivity contribution is 7.18. The summed E-state index contributed by atoms with van der Waals surface area (Å²) >= 11 is 1.58. The van der Waals surface area contributed by atoms with Gasteiger partial charge < -0.3 is 10.2 Å². The van der Waals surface area contributed by atoms with Crippen LogP contribution in [-0.4, -0.2) is 35.3 Å². The first-order valence-electron chi connectivity index (χ1n) is 8.41. The van der Waals surface area contributed by atoms with Crippen LogP contribution in [0.5, 0.6) is 0 Å². The van der Waals surface area contributed by atoms with Gasteiger partial charge in [-0.05, 0) is 38.1 Å². The van der Waals surface area contributed by atoms with Crippen LogP contribution in [0.3, 0.4) is 0 Å². The number of hydrogen-bond acceptors (Lipinski definition) is 4. The monoisotopic (exact) mass is 367 g/mol. The van der Waals surface area contributed by atoms with Crippen molar-refractivity contribution in [2.24, 2.45) is 0 Å². The average Bonchev–Trinajstić information content (AvgIpc) is 3.09. The third-order valence-corrected chi connectivity index (χ3v) is 5.56.